The number of hydrogen-bond donors (Lipinski definition) is 1. The van der Waals surface area contributed by atoms with Gasteiger partial charge in [-0.25, -0.2) is 0 Å². The maximum Gasteiger partial charge on any atom is 0.307 e. The minimum atomic E-state index is -0.739. The molecule has 2 atom stereocenters. The summed E-state index contributed by atoms with van der Waals surface area (Å²) >= 11 is 0. The SMILES string of the molecule is CCCc1ccc(C(C)N(C)CC(C)C(=O)O)cc1. The van der Waals surface area contributed by atoms with Gasteiger partial charge in [0.25, 0.3) is 0 Å². The number of nitrogens with zero attached hydrogens (tertiary/aromatic N) is 1. The summed E-state index contributed by atoms with van der Waals surface area (Å²) in [5, 5.41) is 8.95. The topological polar surface area (TPSA) is 40.5 Å². The van der Waals surface area contributed by atoms with Gasteiger partial charge in [-0.3, -0.25) is 9.69 Å². The number of aryl methyl sites for hydroxylation is 1. The van der Waals surface area contributed by atoms with Gasteiger partial charge in [-0.2, -0.15) is 0 Å². The Morgan fingerprint density at radius 3 is 2.32 bits per heavy atom. The van der Waals surface area contributed by atoms with Crippen LogP contribution in [-0.2, 0) is 11.2 Å². The van der Waals surface area contributed by atoms with Gasteiger partial charge in [0.1, 0.15) is 0 Å². The van der Waals surface area contributed by atoms with Gasteiger partial charge in [-0.15, -0.1) is 0 Å². The molecule has 0 heterocycles. The van der Waals surface area contributed by atoms with E-state index in [4.69, 9.17) is 5.11 Å². The van der Waals surface area contributed by atoms with E-state index in [2.05, 4.69) is 43.0 Å². The lowest BCUT2D eigenvalue weighted by Gasteiger charge is -2.26. The third kappa shape index (κ3) is 4.67. The first-order valence-electron chi connectivity index (χ1n) is 6.97. The molecule has 0 fully saturated rings. The summed E-state index contributed by atoms with van der Waals surface area (Å²) in [5.41, 5.74) is 2.60. The molecule has 1 aromatic carbocycles. The van der Waals surface area contributed by atoms with Crippen LogP contribution in [0.1, 0.15) is 44.4 Å². The zero-order chi connectivity index (χ0) is 14.4. The molecule has 0 aliphatic heterocycles. The summed E-state index contributed by atoms with van der Waals surface area (Å²) in [5.74, 6) is -1.08. The molecule has 3 nitrogen and oxygen atoms in total. The lowest BCUT2D eigenvalue weighted by Crippen LogP contribution is -2.30. The van der Waals surface area contributed by atoms with Crippen molar-refractivity contribution in [1.82, 2.24) is 4.90 Å². The summed E-state index contributed by atoms with van der Waals surface area (Å²) in [4.78, 5) is 13.0. The highest BCUT2D eigenvalue weighted by Crippen LogP contribution is 2.20. The number of hydrogen-bond acceptors (Lipinski definition) is 2. The van der Waals surface area contributed by atoms with Crippen LogP contribution in [0.25, 0.3) is 0 Å². The third-order valence-electron chi connectivity index (χ3n) is 3.65. The number of aliphatic carboxylic acids is 1. The number of rotatable bonds is 7. The van der Waals surface area contributed by atoms with Gasteiger partial charge in [-0.05, 0) is 31.5 Å². The van der Waals surface area contributed by atoms with E-state index in [1.165, 1.54) is 11.1 Å². The summed E-state index contributed by atoms with van der Waals surface area (Å²) < 4.78 is 0. The van der Waals surface area contributed by atoms with Gasteiger partial charge in [0.15, 0.2) is 0 Å². The molecule has 0 saturated carbocycles. The van der Waals surface area contributed by atoms with Crippen molar-refractivity contribution in [2.45, 2.75) is 39.7 Å². The molecule has 3 heteroatoms. The quantitative estimate of drug-likeness (QED) is 0.820. The van der Waals surface area contributed by atoms with Gasteiger partial charge in [0.2, 0.25) is 0 Å². The van der Waals surface area contributed by atoms with Crippen LogP contribution in [0.5, 0.6) is 0 Å². The van der Waals surface area contributed by atoms with E-state index in [0.29, 0.717) is 6.54 Å². The van der Waals surface area contributed by atoms with Crippen LogP contribution in [0.3, 0.4) is 0 Å². The van der Waals surface area contributed by atoms with E-state index in [1.807, 2.05) is 7.05 Å². The molecule has 0 bridgehead atoms. The first-order chi connectivity index (χ1) is 8.95. The molecule has 1 N–H and O–H groups in total. The van der Waals surface area contributed by atoms with Gasteiger partial charge in [-0.1, -0.05) is 44.5 Å². The van der Waals surface area contributed by atoms with Crippen LogP contribution >= 0.6 is 0 Å². The zero-order valence-electron chi connectivity index (χ0n) is 12.4. The minimum absolute atomic E-state index is 0.234. The molecule has 1 aromatic rings. The fraction of sp³-hybridized carbons (Fsp3) is 0.562. The Kier molecular flexibility index (Phi) is 6.03. The molecule has 0 radical (unpaired) electrons. The van der Waals surface area contributed by atoms with E-state index in [-0.39, 0.29) is 12.0 Å². The van der Waals surface area contributed by atoms with Crippen molar-refractivity contribution < 1.29 is 9.90 Å². The normalized spacial score (nSPS) is 14.4. The largest absolute Gasteiger partial charge is 0.481 e. The Labute approximate surface area is 116 Å². The van der Waals surface area contributed by atoms with Crippen LogP contribution in [0.15, 0.2) is 24.3 Å². The zero-order valence-corrected chi connectivity index (χ0v) is 12.4. The molecule has 1 rings (SSSR count). The number of carboxylic acid groups (broad SMARTS) is 1. The lowest BCUT2D eigenvalue weighted by molar-refractivity contribution is -0.141. The Bertz CT molecular complexity index is 400. The monoisotopic (exact) mass is 263 g/mol. The predicted octanol–water partition coefficient (Wildman–Crippen LogP) is 3.35. The fourth-order valence-corrected chi connectivity index (χ4v) is 2.17. The highest BCUT2D eigenvalue weighted by atomic mass is 16.4. The molecule has 0 aliphatic rings. The average molecular weight is 263 g/mol. The summed E-state index contributed by atoms with van der Waals surface area (Å²) in [7, 11) is 1.98. The number of benzene rings is 1. The van der Waals surface area contributed by atoms with E-state index in [9.17, 15) is 4.79 Å². The highest BCUT2D eigenvalue weighted by Gasteiger charge is 2.18. The van der Waals surface area contributed by atoms with Gasteiger partial charge >= 0.3 is 5.97 Å². The van der Waals surface area contributed by atoms with Crippen molar-refractivity contribution in [3.05, 3.63) is 35.4 Å². The molecule has 0 aliphatic carbocycles. The van der Waals surface area contributed by atoms with Crippen molar-refractivity contribution in [2.75, 3.05) is 13.6 Å². The number of carbonyl (C=O) groups is 1. The van der Waals surface area contributed by atoms with Crippen LogP contribution in [-0.4, -0.2) is 29.6 Å². The van der Waals surface area contributed by atoms with Crippen molar-refractivity contribution in [2.24, 2.45) is 5.92 Å². The lowest BCUT2D eigenvalue weighted by atomic mass is 10.0. The molecule has 2 unspecified atom stereocenters. The standard InChI is InChI=1S/C16H25NO2/c1-5-6-14-7-9-15(10-8-14)13(3)17(4)11-12(2)16(18)19/h7-10,12-13H,5-6,11H2,1-4H3,(H,18,19). The van der Waals surface area contributed by atoms with Crippen molar-refractivity contribution in [1.29, 1.82) is 0 Å². The van der Waals surface area contributed by atoms with Crippen LogP contribution in [0.4, 0.5) is 0 Å². The first kappa shape index (κ1) is 15.7. The summed E-state index contributed by atoms with van der Waals surface area (Å²) in [6.07, 6.45) is 2.27. The molecule has 0 saturated heterocycles. The molecular weight excluding hydrogens is 238 g/mol. The van der Waals surface area contributed by atoms with Gasteiger partial charge in [0, 0.05) is 12.6 Å². The number of carboxylic acids is 1. The van der Waals surface area contributed by atoms with E-state index < -0.39 is 5.97 Å². The second kappa shape index (κ2) is 7.29. The molecule has 106 valence electrons. The van der Waals surface area contributed by atoms with Crippen LogP contribution in [0.2, 0.25) is 0 Å². The highest BCUT2D eigenvalue weighted by molar-refractivity contribution is 5.69. The molecule has 0 amide bonds. The maximum absolute atomic E-state index is 10.9. The Morgan fingerprint density at radius 1 is 1.26 bits per heavy atom. The molecule has 0 spiro atoms. The van der Waals surface area contributed by atoms with Crippen molar-refractivity contribution in [3.8, 4) is 0 Å². The second-order valence-corrected chi connectivity index (χ2v) is 5.35. The second-order valence-electron chi connectivity index (χ2n) is 5.35. The third-order valence-corrected chi connectivity index (χ3v) is 3.65. The van der Waals surface area contributed by atoms with Gasteiger partial charge < -0.3 is 5.11 Å². The van der Waals surface area contributed by atoms with Crippen molar-refractivity contribution in [3.63, 3.8) is 0 Å². The van der Waals surface area contributed by atoms with Crippen LogP contribution < -0.4 is 0 Å². The van der Waals surface area contributed by atoms with Crippen LogP contribution in [0, 0.1) is 5.92 Å². The van der Waals surface area contributed by atoms with E-state index >= 15 is 0 Å². The Morgan fingerprint density at radius 2 is 1.84 bits per heavy atom. The van der Waals surface area contributed by atoms with Gasteiger partial charge in [0.05, 0.1) is 5.92 Å². The molecule has 19 heavy (non-hydrogen) atoms. The smallest absolute Gasteiger partial charge is 0.307 e. The minimum Gasteiger partial charge on any atom is -0.481 e. The van der Waals surface area contributed by atoms with E-state index in [0.717, 1.165) is 12.8 Å². The summed E-state index contributed by atoms with van der Waals surface area (Å²) in [6, 6.07) is 8.88. The predicted molar refractivity (Wildman–Crippen MR) is 78.3 cm³/mol. The van der Waals surface area contributed by atoms with Crippen molar-refractivity contribution >= 4 is 5.97 Å². The Hall–Kier alpha value is -1.35. The first-order valence-corrected chi connectivity index (χ1v) is 6.97. The Balaban J connectivity index is 2.65. The fourth-order valence-electron chi connectivity index (χ4n) is 2.17. The molecular formula is C16H25NO2. The van der Waals surface area contributed by atoms with E-state index in [1.54, 1.807) is 6.92 Å². The molecule has 0 aromatic heterocycles. The summed E-state index contributed by atoms with van der Waals surface area (Å²) in [6.45, 7) is 6.60. The maximum atomic E-state index is 10.9. The average Bonchev–Trinajstić information content (AvgIpc) is 2.39.